The summed E-state index contributed by atoms with van der Waals surface area (Å²) in [4.78, 5) is 12.3. The molecule has 0 atom stereocenters. The quantitative estimate of drug-likeness (QED) is 0.413. The number of carbonyl (C=O) groups is 1. The summed E-state index contributed by atoms with van der Waals surface area (Å²) in [6, 6.07) is 10.3. The van der Waals surface area contributed by atoms with Gasteiger partial charge in [0.15, 0.2) is 17.3 Å². The predicted octanol–water partition coefficient (Wildman–Crippen LogP) is 3.62. The van der Waals surface area contributed by atoms with Crippen LogP contribution in [0.2, 0.25) is 0 Å². The first-order valence-electron chi connectivity index (χ1n) is 7.81. The second-order valence-corrected chi connectivity index (χ2v) is 5.17. The Balaban J connectivity index is 2.18. The molecule has 0 bridgehead atoms. The Labute approximate surface area is 153 Å². The molecule has 0 aliphatic rings. The molecule has 2 aromatic carbocycles. The van der Waals surface area contributed by atoms with Gasteiger partial charge in [-0.1, -0.05) is 12.0 Å². The fourth-order valence-electron chi connectivity index (χ4n) is 2.31. The van der Waals surface area contributed by atoms with Gasteiger partial charge in [0.05, 0.1) is 21.3 Å². The second-order valence-electron chi connectivity index (χ2n) is 5.17. The van der Waals surface area contributed by atoms with Crippen molar-refractivity contribution in [2.24, 2.45) is 0 Å². The van der Waals surface area contributed by atoms with Gasteiger partial charge in [-0.15, -0.1) is 6.42 Å². The van der Waals surface area contributed by atoms with Crippen molar-refractivity contribution in [2.45, 2.75) is 0 Å². The topological polar surface area (TPSA) is 54.0 Å². The molecule has 0 unspecified atom stereocenters. The highest BCUT2D eigenvalue weighted by molar-refractivity contribution is 6.06. The highest BCUT2D eigenvalue weighted by atomic mass is 16.5. The summed E-state index contributed by atoms with van der Waals surface area (Å²) in [5.74, 6) is 4.42. The molecule has 0 radical (unpaired) electrons. The van der Waals surface area contributed by atoms with E-state index in [2.05, 4.69) is 5.92 Å². The van der Waals surface area contributed by atoms with E-state index in [9.17, 15) is 4.79 Å². The van der Waals surface area contributed by atoms with E-state index in [-0.39, 0.29) is 12.4 Å². The Morgan fingerprint density at radius 3 is 2.15 bits per heavy atom. The van der Waals surface area contributed by atoms with Crippen LogP contribution < -0.4 is 18.9 Å². The number of rotatable bonds is 8. The zero-order valence-corrected chi connectivity index (χ0v) is 14.9. The maximum atomic E-state index is 12.3. The van der Waals surface area contributed by atoms with Gasteiger partial charge in [0.1, 0.15) is 12.4 Å². The molecule has 5 heteroatoms. The molecule has 0 N–H and O–H groups in total. The van der Waals surface area contributed by atoms with Crippen LogP contribution in [0.3, 0.4) is 0 Å². The molecule has 0 aliphatic carbocycles. The molecule has 0 aliphatic heterocycles. The van der Waals surface area contributed by atoms with Crippen molar-refractivity contribution < 1.29 is 23.7 Å². The summed E-state index contributed by atoms with van der Waals surface area (Å²) >= 11 is 0. The Hall–Kier alpha value is -3.39. The van der Waals surface area contributed by atoms with E-state index < -0.39 is 0 Å². The van der Waals surface area contributed by atoms with Crippen LogP contribution in [0.25, 0.3) is 6.08 Å². The summed E-state index contributed by atoms with van der Waals surface area (Å²) in [7, 11) is 4.62. The van der Waals surface area contributed by atoms with Crippen molar-refractivity contribution in [2.75, 3.05) is 27.9 Å². The van der Waals surface area contributed by atoms with Crippen LogP contribution in [0.15, 0.2) is 42.5 Å². The summed E-state index contributed by atoms with van der Waals surface area (Å²) < 4.78 is 21.2. The van der Waals surface area contributed by atoms with Gasteiger partial charge in [0.2, 0.25) is 5.75 Å². The lowest BCUT2D eigenvalue weighted by Gasteiger charge is -2.12. The van der Waals surface area contributed by atoms with Crippen molar-refractivity contribution in [1.29, 1.82) is 0 Å². The average Bonchev–Trinajstić information content (AvgIpc) is 2.69. The standard InChI is InChI=1S/C21H20O5/c1-5-12-26-17-9-7-16(8-10-17)18(22)11-6-15-13-19(23-2)21(25-4)20(14-15)24-3/h1,6-11,13-14H,12H2,2-4H3/b11-6+. The lowest BCUT2D eigenvalue weighted by molar-refractivity contribution is 0.104. The summed E-state index contributed by atoms with van der Waals surface area (Å²) in [5.41, 5.74) is 1.29. The first-order valence-corrected chi connectivity index (χ1v) is 7.81. The van der Waals surface area contributed by atoms with Crippen molar-refractivity contribution in [3.05, 3.63) is 53.6 Å². The smallest absolute Gasteiger partial charge is 0.203 e. The third-order valence-corrected chi connectivity index (χ3v) is 3.58. The SMILES string of the molecule is C#CCOc1ccc(C(=O)/C=C/c2cc(OC)c(OC)c(OC)c2)cc1. The highest BCUT2D eigenvalue weighted by Crippen LogP contribution is 2.38. The maximum Gasteiger partial charge on any atom is 0.203 e. The molecule has 2 rings (SSSR count). The average molecular weight is 352 g/mol. The van der Waals surface area contributed by atoms with E-state index in [1.54, 1.807) is 56.7 Å². The summed E-state index contributed by atoms with van der Waals surface area (Å²) in [6.07, 6.45) is 8.32. The fraction of sp³-hybridized carbons (Fsp3) is 0.190. The van der Waals surface area contributed by atoms with Crippen molar-refractivity contribution in [3.63, 3.8) is 0 Å². The predicted molar refractivity (Wildman–Crippen MR) is 100 cm³/mol. The molecule has 0 fully saturated rings. The second kappa shape index (κ2) is 9.19. The van der Waals surface area contributed by atoms with E-state index in [1.165, 1.54) is 13.2 Å². The number of allylic oxidation sites excluding steroid dienone is 1. The Kier molecular flexibility index (Phi) is 6.69. The fourth-order valence-corrected chi connectivity index (χ4v) is 2.31. The number of ether oxygens (including phenoxy) is 4. The molecule has 0 aromatic heterocycles. The monoisotopic (exact) mass is 352 g/mol. The molecular formula is C21H20O5. The molecule has 26 heavy (non-hydrogen) atoms. The van der Waals surface area contributed by atoms with Gasteiger partial charge in [-0.25, -0.2) is 0 Å². The Morgan fingerprint density at radius 1 is 1.04 bits per heavy atom. The molecule has 134 valence electrons. The Morgan fingerprint density at radius 2 is 1.65 bits per heavy atom. The van der Waals surface area contributed by atoms with Crippen LogP contribution in [0.5, 0.6) is 23.0 Å². The lowest BCUT2D eigenvalue weighted by atomic mass is 10.1. The largest absolute Gasteiger partial charge is 0.493 e. The van der Waals surface area contributed by atoms with E-state index >= 15 is 0 Å². The van der Waals surface area contributed by atoms with Crippen LogP contribution in [0.4, 0.5) is 0 Å². The minimum Gasteiger partial charge on any atom is -0.493 e. The molecule has 0 saturated heterocycles. The van der Waals surface area contributed by atoms with Crippen LogP contribution in [0.1, 0.15) is 15.9 Å². The van der Waals surface area contributed by atoms with Gasteiger partial charge >= 0.3 is 0 Å². The van der Waals surface area contributed by atoms with Crippen LogP contribution >= 0.6 is 0 Å². The van der Waals surface area contributed by atoms with E-state index in [0.29, 0.717) is 28.6 Å². The van der Waals surface area contributed by atoms with Crippen molar-refractivity contribution >= 4 is 11.9 Å². The maximum absolute atomic E-state index is 12.3. The van der Waals surface area contributed by atoms with Gasteiger partial charge in [-0.3, -0.25) is 4.79 Å². The molecule has 0 amide bonds. The number of carbonyl (C=O) groups excluding carboxylic acids is 1. The minimum atomic E-state index is -0.137. The lowest BCUT2D eigenvalue weighted by Crippen LogP contribution is -1.97. The van der Waals surface area contributed by atoms with Gasteiger partial charge in [-0.05, 0) is 48.0 Å². The zero-order chi connectivity index (χ0) is 18.9. The minimum absolute atomic E-state index is 0.137. The van der Waals surface area contributed by atoms with Crippen molar-refractivity contribution in [1.82, 2.24) is 0 Å². The summed E-state index contributed by atoms with van der Waals surface area (Å²) in [6.45, 7) is 0.189. The third-order valence-electron chi connectivity index (χ3n) is 3.58. The van der Waals surface area contributed by atoms with E-state index in [1.807, 2.05) is 0 Å². The van der Waals surface area contributed by atoms with Gasteiger partial charge in [0.25, 0.3) is 0 Å². The van der Waals surface area contributed by atoms with Crippen LogP contribution in [-0.4, -0.2) is 33.7 Å². The van der Waals surface area contributed by atoms with Gasteiger partial charge in [-0.2, -0.15) is 0 Å². The van der Waals surface area contributed by atoms with E-state index in [0.717, 1.165) is 5.56 Å². The molecular weight excluding hydrogens is 332 g/mol. The number of benzene rings is 2. The number of methoxy groups -OCH3 is 3. The number of hydrogen-bond donors (Lipinski definition) is 0. The van der Waals surface area contributed by atoms with Crippen LogP contribution in [-0.2, 0) is 0 Å². The number of hydrogen-bond acceptors (Lipinski definition) is 5. The zero-order valence-electron chi connectivity index (χ0n) is 14.9. The van der Waals surface area contributed by atoms with Gasteiger partial charge in [0, 0.05) is 5.56 Å². The van der Waals surface area contributed by atoms with Gasteiger partial charge < -0.3 is 18.9 Å². The van der Waals surface area contributed by atoms with E-state index in [4.69, 9.17) is 25.4 Å². The normalized spacial score (nSPS) is 10.2. The van der Waals surface area contributed by atoms with Crippen molar-refractivity contribution in [3.8, 4) is 35.3 Å². The molecule has 0 saturated carbocycles. The molecule has 2 aromatic rings. The Bertz CT molecular complexity index is 803. The number of terminal acetylenes is 1. The third kappa shape index (κ3) is 4.58. The molecule has 0 heterocycles. The molecule has 0 spiro atoms. The first kappa shape index (κ1) is 18.9. The first-order chi connectivity index (χ1) is 12.6. The summed E-state index contributed by atoms with van der Waals surface area (Å²) in [5, 5.41) is 0. The molecule has 5 nitrogen and oxygen atoms in total. The highest BCUT2D eigenvalue weighted by Gasteiger charge is 2.12. The number of ketones is 1. The van der Waals surface area contributed by atoms with Crippen LogP contribution in [0, 0.1) is 12.3 Å².